The van der Waals surface area contributed by atoms with E-state index >= 15 is 0 Å². The number of nitrogens with zero attached hydrogens (tertiary/aromatic N) is 1. The average molecular weight is 394 g/mol. The van der Waals surface area contributed by atoms with Crippen molar-refractivity contribution in [1.82, 2.24) is 9.62 Å². The lowest BCUT2D eigenvalue weighted by Crippen LogP contribution is -2.46. The van der Waals surface area contributed by atoms with Gasteiger partial charge in [-0.05, 0) is 59.9 Å². The quantitative estimate of drug-likeness (QED) is 0.859. The van der Waals surface area contributed by atoms with Gasteiger partial charge in [-0.25, -0.2) is 13.1 Å². The van der Waals surface area contributed by atoms with Gasteiger partial charge >= 0.3 is 0 Å². The van der Waals surface area contributed by atoms with Crippen LogP contribution in [0, 0.1) is 0 Å². The van der Waals surface area contributed by atoms with Crippen molar-refractivity contribution in [2.75, 3.05) is 13.1 Å². The molecule has 0 spiro atoms. The van der Waals surface area contributed by atoms with Crippen molar-refractivity contribution in [3.05, 3.63) is 27.7 Å². The number of nitrogens with one attached hydrogen (secondary N) is 1. The lowest BCUT2D eigenvalue weighted by Gasteiger charge is -2.32. The van der Waals surface area contributed by atoms with Crippen LogP contribution in [0.1, 0.15) is 25.7 Å². The molecule has 2 saturated heterocycles. The minimum absolute atomic E-state index is 0.0183. The molecule has 2 aliphatic rings. The molecule has 0 radical (unpaired) electrons. The van der Waals surface area contributed by atoms with E-state index < -0.39 is 10.0 Å². The summed E-state index contributed by atoms with van der Waals surface area (Å²) in [6, 6.07) is 5.07. The Hall–Kier alpha value is -0.140. The topological polar surface area (TPSA) is 49.4 Å². The molecule has 0 saturated carbocycles. The highest BCUT2D eigenvalue weighted by molar-refractivity contribution is 9.10. The summed E-state index contributed by atoms with van der Waals surface area (Å²) < 4.78 is 28.5. The molecule has 0 amide bonds. The van der Waals surface area contributed by atoms with Gasteiger partial charge in [0, 0.05) is 23.1 Å². The largest absolute Gasteiger partial charge is 0.299 e. The van der Waals surface area contributed by atoms with Crippen LogP contribution in [0.15, 0.2) is 27.6 Å². The number of benzene rings is 1. The first kappa shape index (κ1) is 15.7. The molecule has 1 aromatic rings. The molecule has 0 aromatic heterocycles. The average Bonchev–Trinajstić information content (AvgIpc) is 2.85. The molecule has 2 aliphatic heterocycles. The molecule has 4 nitrogen and oxygen atoms in total. The van der Waals surface area contributed by atoms with Crippen LogP contribution in [0.4, 0.5) is 0 Å². The third-order valence-electron chi connectivity index (χ3n) is 4.36. The van der Waals surface area contributed by atoms with E-state index in [4.69, 9.17) is 11.6 Å². The first-order chi connectivity index (χ1) is 9.97. The summed E-state index contributed by atoms with van der Waals surface area (Å²) in [6.45, 7) is 2.08. The Morgan fingerprint density at radius 3 is 2.81 bits per heavy atom. The van der Waals surface area contributed by atoms with Crippen molar-refractivity contribution >= 4 is 37.6 Å². The van der Waals surface area contributed by atoms with Gasteiger partial charge in [0.15, 0.2) is 0 Å². The number of fused-ring (bicyclic) bond motifs is 1. The smallest absolute Gasteiger partial charge is 0.240 e. The lowest BCUT2D eigenvalue weighted by molar-refractivity contribution is 0.186. The predicted octanol–water partition coefficient (Wildman–Crippen LogP) is 3.01. The normalized spacial score (nSPS) is 26.8. The minimum atomic E-state index is -3.50. The molecule has 2 heterocycles. The Labute approximate surface area is 139 Å². The van der Waals surface area contributed by atoms with Gasteiger partial charge in [-0.2, -0.15) is 0 Å². The summed E-state index contributed by atoms with van der Waals surface area (Å²) in [5.74, 6) is 0. The van der Waals surface area contributed by atoms with E-state index in [1.807, 2.05) is 0 Å². The van der Waals surface area contributed by atoms with E-state index in [9.17, 15) is 8.42 Å². The van der Waals surface area contributed by atoms with Crippen LogP contribution in [0.3, 0.4) is 0 Å². The Bertz CT molecular complexity index is 638. The Balaban J connectivity index is 1.78. The predicted molar refractivity (Wildman–Crippen MR) is 87.1 cm³/mol. The first-order valence-corrected chi connectivity index (χ1v) is 9.84. The Morgan fingerprint density at radius 2 is 2.05 bits per heavy atom. The summed E-state index contributed by atoms with van der Waals surface area (Å²) in [5, 5.41) is 0.508. The van der Waals surface area contributed by atoms with Crippen LogP contribution >= 0.6 is 27.5 Å². The maximum Gasteiger partial charge on any atom is 0.240 e. The monoisotopic (exact) mass is 392 g/mol. The van der Waals surface area contributed by atoms with Crippen molar-refractivity contribution in [2.24, 2.45) is 0 Å². The number of halogens is 2. The second-order valence-corrected chi connectivity index (χ2v) is 8.67. The van der Waals surface area contributed by atoms with Gasteiger partial charge in [-0.15, -0.1) is 0 Å². The van der Waals surface area contributed by atoms with Crippen LogP contribution in [0.25, 0.3) is 0 Å². The number of hydrogen-bond donors (Lipinski definition) is 1. The van der Waals surface area contributed by atoms with E-state index in [-0.39, 0.29) is 10.9 Å². The fraction of sp³-hybridized carbons (Fsp3) is 0.571. The van der Waals surface area contributed by atoms with Crippen molar-refractivity contribution in [1.29, 1.82) is 0 Å². The first-order valence-electron chi connectivity index (χ1n) is 7.19. The number of piperidine rings is 1. The van der Waals surface area contributed by atoms with Crippen LogP contribution in [0.5, 0.6) is 0 Å². The van der Waals surface area contributed by atoms with E-state index in [0.717, 1.165) is 25.9 Å². The second-order valence-electron chi connectivity index (χ2n) is 5.69. The van der Waals surface area contributed by atoms with Crippen molar-refractivity contribution < 1.29 is 8.42 Å². The highest BCUT2D eigenvalue weighted by atomic mass is 79.9. The van der Waals surface area contributed by atoms with Crippen molar-refractivity contribution in [2.45, 2.75) is 42.7 Å². The summed E-state index contributed by atoms with van der Waals surface area (Å²) in [4.78, 5) is 2.67. The second kappa shape index (κ2) is 6.16. The number of sulfonamides is 1. The SMILES string of the molecule is O=S(=O)(NC1CCN2CCCCC12)c1ccc(Cl)c(Br)c1. The molecule has 7 heteroatoms. The molecular weight excluding hydrogens is 376 g/mol. The third-order valence-corrected chi connectivity index (χ3v) is 7.07. The van der Waals surface area contributed by atoms with E-state index in [0.29, 0.717) is 15.5 Å². The van der Waals surface area contributed by atoms with E-state index in [2.05, 4.69) is 25.6 Å². The van der Waals surface area contributed by atoms with Crippen molar-refractivity contribution in [3.8, 4) is 0 Å². The Morgan fingerprint density at radius 1 is 1.24 bits per heavy atom. The van der Waals surface area contributed by atoms with Crippen LogP contribution < -0.4 is 4.72 Å². The molecule has 1 N–H and O–H groups in total. The van der Waals surface area contributed by atoms with Gasteiger partial charge < -0.3 is 0 Å². The van der Waals surface area contributed by atoms with Crippen LogP contribution in [-0.4, -0.2) is 38.5 Å². The van der Waals surface area contributed by atoms with Crippen LogP contribution in [-0.2, 0) is 10.0 Å². The summed E-state index contributed by atoms with van der Waals surface area (Å²) in [5.41, 5.74) is 0. The molecule has 2 unspecified atom stereocenters. The van der Waals surface area contributed by atoms with Gasteiger partial charge in [-0.1, -0.05) is 18.0 Å². The molecule has 3 rings (SSSR count). The van der Waals surface area contributed by atoms with Gasteiger partial charge in [0.1, 0.15) is 0 Å². The molecule has 116 valence electrons. The maximum absolute atomic E-state index is 12.5. The Kier molecular flexibility index (Phi) is 4.62. The standard InChI is InChI=1S/C14H18BrClN2O2S/c15-11-9-10(4-5-12(11)16)21(19,20)17-13-6-8-18-7-2-1-3-14(13)18/h4-5,9,13-14,17H,1-3,6-8H2. The van der Waals surface area contributed by atoms with Gasteiger partial charge in [-0.3, -0.25) is 4.90 Å². The highest BCUT2D eigenvalue weighted by Crippen LogP contribution is 2.29. The highest BCUT2D eigenvalue weighted by Gasteiger charge is 2.37. The molecule has 21 heavy (non-hydrogen) atoms. The number of hydrogen-bond acceptors (Lipinski definition) is 3. The summed E-state index contributed by atoms with van der Waals surface area (Å²) in [6.07, 6.45) is 4.38. The van der Waals surface area contributed by atoms with Gasteiger partial charge in [0.2, 0.25) is 10.0 Å². The molecular formula is C14H18BrClN2O2S. The molecule has 0 bridgehead atoms. The van der Waals surface area contributed by atoms with E-state index in [1.165, 1.54) is 12.8 Å². The third kappa shape index (κ3) is 3.29. The molecule has 0 aliphatic carbocycles. The fourth-order valence-corrected chi connectivity index (χ4v) is 5.27. The van der Waals surface area contributed by atoms with Gasteiger partial charge in [0.05, 0.1) is 9.92 Å². The maximum atomic E-state index is 12.5. The zero-order valence-electron chi connectivity index (χ0n) is 11.6. The summed E-state index contributed by atoms with van der Waals surface area (Å²) >= 11 is 9.20. The zero-order valence-corrected chi connectivity index (χ0v) is 14.7. The van der Waals surface area contributed by atoms with Crippen molar-refractivity contribution in [3.63, 3.8) is 0 Å². The molecule has 2 fully saturated rings. The van der Waals surface area contributed by atoms with Gasteiger partial charge in [0.25, 0.3) is 0 Å². The fourth-order valence-electron chi connectivity index (χ4n) is 3.30. The zero-order chi connectivity index (χ0) is 15.0. The van der Waals surface area contributed by atoms with E-state index in [1.54, 1.807) is 18.2 Å². The number of rotatable bonds is 3. The van der Waals surface area contributed by atoms with Crippen LogP contribution in [0.2, 0.25) is 5.02 Å². The summed E-state index contributed by atoms with van der Waals surface area (Å²) in [7, 11) is -3.50. The lowest BCUT2D eigenvalue weighted by atomic mass is 10.00. The molecule has 1 aromatic carbocycles. The minimum Gasteiger partial charge on any atom is -0.299 e. The molecule has 2 atom stereocenters.